The molecule has 0 spiro atoms. The quantitative estimate of drug-likeness (QED) is 0.504. The Bertz CT molecular complexity index is 1200. The van der Waals surface area contributed by atoms with Crippen molar-refractivity contribution in [3.63, 3.8) is 0 Å². The van der Waals surface area contributed by atoms with Crippen LogP contribution in [0.5, 0.6) is 0 Å². The van der Waals surface area contributed by atoms with Gasteiger partial charge in [-0.25, -0.2) is 12.8 Å². The van der Waals surface area contributed by atoms with Crippen molar-refractivity contribution >= 4 is 15.9 Å². The average Bonchev–Trinajstić information content (AvgIpc) is 3.39. The van der Waals surface area contributed by atoms with E-state index in [0.717, 1.165) is 30.0 Å². The van der Waals surface area contributed by atoms with Crippen LogP contribution in [0, 0.1) is 5.82 Å². The van der Waals surface area contributed by atoms with Gasteiger partial charge in [0.05, 0.1) is 0 Å². The monoisotopic (exact) mass is 467 g/mol. The molecule has 0 atom stereocenters. The number of halogens is 1. The van der Waals surface area contributed by atoms with E-state index < -0.39 is 20.7 Å². The molecule has 2 heterocycles. The summed E-state index contributed by atoms with van der Waals surface area (Å²) in [7, 11) is -3.99. The van der Waals surface area contributed by atoms with E-state index in [1.807, 2.05) is 42.5 Å². The van der Waals surface area contributed by atoms with Gasteiger partial charge >= 0.3 is 0 Å². The van der Waals surface area contributed by atoms with Crippen molar-refractivity contribution in [2.75, 3.05) is 19.6 Å². The first-order valence-corrected chi connectivity index (χ1v) is 12.4. The highest BCUT2D eigenvalue weighted by atomic mass is 32.2. The van der Waals surface area contributed by atoms with Crippen LogP contribution in [-0.2, 0) is 23.0 Å². The largest absolute Gasteiger partial charge is 0.334 e. The Morgan fingerprint density at radius 2 is 1.67 bits per heavy atom. The molecular weight excluding hydrogens is 441 g/mol. The fourth-order valence-electron chi connectivity index (χ4n) is 3.95. The maximum Gasteiger partial charge on any atom is 0.254 e. The lowest BCUT2D eigenvalue weighted by Gasteiger charge is -2.24. The maximum atomic E-state index is 14.6. The smallest absolute Gasteiger partial charge is 0.254 e. The third kappa shape index (κ3) is 5.46. The molecule has 8 heteroatoms. The lowest BCUT2D eigenvalue weighted by molar-refractivity contribution is 0.0744. The van der Waals surface area contributed by atoms with Gasteiger partial charge in [0, 0.05) is 44.1 Å². The Hall–Kier alpha value is -3.10. The second-order valence-corrected chi connectivity index (χ2v) is 9.98. The Kier molecular flexibility index (Phi) is 7.15. The van der Waals surface area contributed by atoms with E-state index in [0.29, 0.717) is 32.6 Å². The van der Waals surface area contributed by atoms with Gasteiger partial charge in [0.25, 0.3) is 5.91 Å². The zero-order valence-corrected chi connectivity index (χ0v) is 19.0. The number of carbonyl (C=O) groups is 1. The van der Waals surface area contributed by atoms with Gasteiger partial charge in [-0.05, 0) is 60.7 Å². The summed E-state index contributed by atoms with van der Waals surface area (Å²) in [5.41, 5.74) is 2.14. The summed E-state index contributed by atoms with van der Waals surface area (Å²) in [5, 5.41) is 0. The first-order chi connectivity index (χ1) is 15.9. The minimum Gasteiger partial charge on any atom is -0.334 e. The second kappa shape index (κ2) is 10.2. The third-order valence-corrected chi connectivity index (χ3v) is 7.70. The van der Waals surface area contributed by atoms with E-state index in [1.54, 1.807) is 17.3 Å². The van der Waals surface area contributed by atoms with Gasteiger partial charge in [0.2, 0.25) is 10.0 Å². The van der Waals surface area contributed by atoms with Crippen molar-refractivity contribution in [2.24, 2.45) is 0 Å². The predicted octanol–water partition coefficient (Wildman–Crippen LogP) is 3.89. The van der Waals surface area contributed by atoms with Crippen molar-refractivity contribution in [1.82, 2.24) is 14.2 Å². The molecule has 3 aromatic rings. The molecule has 6 nitrogen and oxygen atoms in total. The molecule has 2 aromatic carbocycles. The number of carbonyl (C=O) groups excluding carboxylic acids is 1. The summed E-state index contributed by atoms with van der Waals surface area (Å²) in [6.07, 6.45) is 5.46. The van der Waals surface area contributed by atoms with Crippen LogP contribution in [0.4, 0.5) is 4.39 Å². The maximum absolute atomic E-state index is 14.6. The number of pyridine rings is 1. The molecule has 0 N–H and O–H groups in total. The van der Waals surface area contributed by atoms with Crippen molar-refractivity contribution in [1.29, 1.82) is 0 Å². The van der Waals surface area contributed by atoms with Crippen LogP contribution in [0.3, 0.4) is 0 Å². The first-order valence-electron chi connectivity index (χ1n) is 11.0. The Balaban J connectivity index is 1.62. The van der Waals surface area contributed by atoms with E-state index in [-0.39, 0.29) is 11.5 Å². The number of rotatable bonds is 8. The summed E-state index contributed by atoms with van der Waals surface area (Å²) in [5.74, 6) is -1.19. The zero-order valence-electron chi connectivity index (χ0n) is 18.2. The molecule has 0 bridgehead atoms. The number of hydrogen-bond donors (Lipinski definition) is 0. The van der Waals surface area contributed by atoms with Crippen LogP contribution < -0.4 is 0 Å². The molecule has 1 fully saturated rings. The van der Waals surface area contributed by atoms with Gasteiger partial charge in [0.15, 0.2) is 0 Å². The number of sulfonamides is 1. The molecule has 4 rings (SSSR count). The molecule has 1 aromatic heterocycles. The van der Waals surface area contributed by atoms with Gasteiger partial charge in [-0.3, -0.25) is 9.78 Å². The first kappa shape index (κ1) is 23.1. The number of aromatic nitrogens is 1. The number of amides is 1. The van der Waals surface area contributed by atoms with E-state index in [4.69, 9.17) is 0 Å². The second-order valence-electron chi connectivity index (χ2n) is 8.07. The highest BCUT2D eigenvalue weighted by Gasteiger charge is 2.31. The van der Waals surface area contributed by atoms with Crippen LogP contribution in [0.25, 0.3) is 0 Å². The SMILES string of the molecule is O=C(c1ccc(F)c(S(=O)(=O)N2CCCC2)c1)N(CCc1ccccc1)Cc1ccncc1. The minimum absolute atomic E-state index is 0.149. The molecule has 0 saturated carbocycles. The lowest BCUT2D eigenvalue weighted by atomic mass is 10.1. The number of hydrogen-bond acceptors (Lipinski definition) is 4. The molecule has 0 unspecified atom stereocenters. The van der Waals surface area contributed by atoms with Gasteiger partial charge < -0.3 is 4.90 Å². The van der Waals surface area contributed by atoms with Gasteiger partial charge in [0.1, 0.15) is 10.7 Å². The molecule has 172 valence electrons. The van der Waals surface area contributed by atoms with Crippen LogP contribution in [0.15, 0.2) is 78.0 Å². The number of benzene rings is 2. The third-order valence-electron chi connectivity index (χ3n) is 5.78. The molecular formula is C25H26FN3O3S. The van der Waals surface area contributed by atoms with Crippen LogP contribution in [0.1, 0.15) is 34.3 Å². The van der Waals surface area contributed by atoms with Crippen molar-refractivity contribution < 1.29 is 17.6 Å². The zero-order chi connectivity index (χ0) is 23.3. The molecule has 1 aliphatic rings. The van der Waals surface area contributed by atoms with Gasteiger partial charge in [-0.2, -0.15) is 4.31 Å². The summed E-state index contributed by atoms with van der Waals surface area (Å²) < 4.78 is 41.8. The summed E-state index contributed by atoms with van der Waals surface area (Å²) in [4.78, 5) is 18.7. The van der Waals surface area contributed by atoms with E-state index in [2.05, 4.69) is 4.98 Å². The van der Waals surface area contributed by atoms with Crippen molar-refractivity contribution in [3.8, 4) is 0 Å². The molecule has 33 heavy (non-hydrogen) atoms. The Morgan fingerprint density at radius 3 is 2.36 bits per heavy atom. The Labute approximate surface area is 193 Å². The average molecular weight is 468 g/mol. The highest BCUT2D eigenvalue weighted by molar-refractivity contribution is 7.89. The van der Waals surface area contributed by atoms with E-state index >= 15 is 0 Å². The normalized spacial score (nSPS) is 14.3. The fourth-order valence-corrected chi connectivity index (χ4v) is 5.56. The highest BCUT2D eigenvalue weighted by Crippen LogP contribution is 2.25. The van der Waals surface area contributed by atoms with E-state index in [9.17, 15) is 17.6 Å². The van der Waals surface area contributed by atoms with Crippen molar-refractivity contribution in [3.05, 3.63) is 95.6 Å². The minimum atomic E-state index is -3.99. The predicted molar refractivity (Wildman–Crippen MR) is 124 cm³/mol. The standard InChI is InChI=1S/C25H26FN3O3S/c26-23-9-8-22(18-24(23)33(31,32)29-15-4-5-16-29)25(30)28(19-21-10-13-27-14-11-21)17-12-20-6-2-1-3-7-20/h1-3,6-11,13-14,18H,4-5,12,15-17,19H2. The number of nitrogens with zero attached hydrogens (tertiary/aromatic N) is 3. The molecule has 1 aliphatic heterocycles. The summed E-state index contributed by atoms with van der Waals surface area (Å²) >= 11 is 0. The topological polar surface area (TPSA) is 70.6 Å². The van der Waals surface area contributed by atoms with Gasteiger partial charge in [-0.15, -0.1) is 0 Å². The van der Waals surface area contributed by atoms with Gasteiger partial charge in [-0.1, -0.05) is 30.3 Å². The molecule has 0 aliphatic carbocycles. The summed E-state index contributed by atoms with van der Waals surface area (Å²) in [6, 6.07) is 17.1. The van der Waals surface area contributed by atoms with Crippen LogP contribution >= 0.6 is 0 Å². The van der Waals surface area contributed by atoms with Crippen LogP contribution in [-0.4, -0.2) is 48.1 Å². The van der Waals surface area contributed by atoms with E-state index in [1.165, 1.54) is 16.4 Å². The van der Waals surface area contributed by atoms with Crippen LogP contribution in [0.2, 0.25) is 0 Å². The van der Waals surface area contributed by atoms with Crippen molar-refractivity contribution in [2.45, 2.75) is 30.7 Å². The Morgan fingerprint density at radius 1 is 0.970 bits per heavy atom. The molecule has 1 amide bonds. The molecule has 0 radical (unpaired) electrons. The fraction of sp³-hybridized carbons (Fsp3) is 0.280. The lowest BCUT2D eigenvalue weighted by Crippen LogP contribution is -2.33. The molecule has 1 saturated heterocycles. The summed E-state index contributed by atoms with van der Waals surface area (Å²) in [6.45, 7) is 1.49.